The molecule has 1 amide bonds. The van der Waals surface area contributed by atoms with Crippen LogP contribution in [0.15, 0.2) is 24.4 Å². The zero-order valence-corrected chi connectivity index (χ0v) is 16.8. The summed E-state index contributed by atoms with van der Waals surface area (Å²) >= 11 is 0. The van der Waals surface area contributed by atoms with Gasteiger partial charge in [-0.05, 0) is 23.5 Å². The Morgan fingerprint density at radius 2 is 1.85 bits per heavy atom. The highest BCUT2D eigenvalue weighted by molar-refractivity contribution is 5.99. The summed E-state index contributed by atoms with van der Waals surface area (Å²) in [5.74, 6) is 1.55. The Hall–Kier alpha value is -1.88. The van der Waals surface area contributed by atoms with Crippen molar-refractivity contribution in [2.45, 2.75) is 41.0 Å². The van der Waals surface area contributed by atoms with Crippen LogP contribution in [0.4, 0.5) is 0 Å². The molecule has 2 aromatic rings. The number of carbonyl (C=O) groups excluding carboxylic acids is 1. The fourth-order valence-corrected chi connectivity index (χ4v) is 3.70. The Bertz CT molecular complexity index is 764. The molecule has 142 valence electrons. The van der Waals surface area contributed by atoms with E-state index in [9.17, 15) is 4.79 Å². The molecule has 0 aromatic carbocycles. The standard InChI is InChI=1S/C21H32N4O/c1-16(2)14-18-22-19(17-8-6-7-9-25(17)18)20(26)24-12-10-23(11-13-24)15-21(3,4)5/h6-9,16H,10-15H2,1-5H3. The highest BCUT2D eigenvalue weighted by Crippen LogP contribution is 2.20. The highest BCUT2D eigenvalue weighted by atomic mass is 16.2. The number of amides is 1. The maximum atomic E-state index is 13.1. The van der Waals surface area contributed by atoms with Crippen LogP contribution in [0.5, 0.6) is 0 Å². The summed E-state index contributed by atoms with van der Waals surface area (Å²) in [6, 6.07) is 5.98. The first-order valence-corrected chi connectivity index (χ1v) is 9.72. The van der Waals surface area contributed by atoms with E-state index in [1.165, 1.54) is 0 Å². The van der Waals surface area contributed by atoms with Gasteiger partial charge in [-0.15, -0.1) is 0 Å². The first-order chi connectivity index (χ1) is 12.2. The molecule has 0 spiro atoms. The zero-order valence-electron chi connectivity index (χ0n) is 16.8. The molecular formula is C21H32N4O. The van der Waals surface area contributed by atoms with Crippen molar-refractivity contribution >= 4 is 11.4 Å². The number of hydrogen-bond acceptors (Lipinski definition) is 3. The van der Waals surface area contributed by atoms with Gasteiger partial charge in [0.05, 0.1) is 5.52 Å². The van der Waals surface area contributed by atoms with Crippen LogP contribution in [0.2, 0.25) is 0 Å². The van der Waals surface area contributed by atoms with E-state index in [1.54, 1.807) is 0 Å². The quantitative estimate of drug-likeness (QED) is 0.844. The van der Waals surface area contributed by atoms with E-state index in [-0.39, 0.29) is 11.3 Å². The van der Waals surface area contributed by atoms with Crippen LogP contribution in [-0.2, 0) is 6.42 Å². The van der Waals surface area contributed by atoms with E-state index in [2.05, 4.69) is 43.9 Å². The molecule has 0 atom stereocenters. The molecule has 1 aliphatic heterocycles. The van der Waals surface area contributed by atoms with Gasteiger partial charge in [0.25, 0.3) is 5.91 Å². The summed E-state index contributed by atoms with van der Waals surface area (Å²) in [6.07, 6.45) is 2.88. The van der Waals surface area contributed by atoms with E-state index >= 15 is 0 Å². The van der Waals surface area contributed by atoms with Crippen molar-refractivity contribution in [1.82, 2.24) is 19.2 Å². The predicted octanol–water partition coefficient (Wildman–Crippen LogP) is 3.34. The van der Waals surface area contributed by atoms with Crippen LogP contribution in [0.3, 0.4) is 0 Å². The Morgan fingerprint density at radius 3 is 2.46 bits per heavy atom. The van der Waals surface area contributed by atoms with E-state index in [0.29, 0.717) is 11.6 Å². The number of nitrogens with zero attached hydrogens (tertiary/aromatic N) is 4. The Labute approximate surface area is 157 Å². The fourth-order valence-electron chi connectivity index (χ4n) is 3.70. The summed E-state index contributed by atoms with van der Waals surface area (Å²) in [5.41, 5.74) is 1.81. The summed E-state index contributed by atoms with van der Waals surface area (Å²) in [7, 11) is 0. The van der Waals surface area contributed by atoms with Gasteiger partial charge in [-0.2, -0.15) is 0 Å². The van der Waals surface area contributed by atoms with Gasteiger partial charge < -0.3 is 9.30 Å². The SMILES string of the molecule is CC(C)Cc1nc(C(=O)N2CCN(CC(C)(C)C)CC2)c2ccccn12. The van der Waals surface area contributed by atoms with Gasteiger partial charge in [-0.3, -0.25) is 9.69 Å². The summed E-state index contributed by atoms with van der Waals surface area (Å²) < 4.78 is 2.07. The number of aromatic nitrogens is 2. The minimum absolute atomic E-state index is 0.0686. The van der Waals surface area contributed by atoms with Crippen molar-refractivity contribution < 1.29 is 4.79 Å². The molecule has 0 unspecified atom stereocenters. The molecule has 1 saturated heterocycles. The second kappa shape index (κ2) is 7.39. The van der Waals surface area contributed by atoms with Gasteiger partial charge in [0.1, 0.15) is 5.82 Å². The van der Waals surface area contributed by atoms with Gasteiger partial charge in [0.15, 0.2) is 5.69 Å². The maximum absolute atomic E-state index is 13.1. The second-order valence-corrected chi connectivity index (χ2v) is 9.06. The van der Waals surface area contributed by atoms with Crippen molar-refractivity contribution in [1.29, 1.82) is 0 Å². The second-order valence-electron chi connectivity index (χ2n) is 9.06. The fraction of sp³-hybridized carbons (Fsp3) is 0.619. The number of imidazole rings is 1. The predicted molar refractivity (Wildman–Crippen MR) is 106 cm³/mol. The topological polar surface area (TPSA) is 40.9 Å². The minimum atomic E-state index is 0.0686. The van der Waals surface area contributed by atoms with E-state index in [0.717, 1.165) is 50.5 Å². The largest absolute Gasteiger partial charge is 0.335 e. The monoisotopic (exact) mass is 356 g/mol. The lowest BCUT2D eigenvalue weighted by atomic mass is 9.96. The van der Waals surface area contributed by atoms with Gasteiger partial charge in [-0.25, -0.2) is 4.98 Å². The van der Waals surface area contributed by atoms with Gasteiger partial charge >= 0.3 is 0 Å². The lowest BCUT2D eigenvalue weighted by Crippen LogP contribution is -2.50. The van der Waals surface area contributed by atoms with Crippen molar-refractivity contribution in [2.75, 3.05) is 32.7 Å². The first kappa shape index (κ1) is 18.9. The van der Waals surface area contributed by atoms with Crippen LogP contribution in [0, 0.1) is 11.3 Å². The molecule has 0 bridgehead atoms. The van der Waals surface area contributed by atoms with Crippen molar-refractivity contribution in [2.24, 2.45) is 11.3 Å². The number of hydrogen-bond donors (Lipinski definition) is 0. The zero-order chi connectivity index (χ0) is 18.9. The van der Waals surface area contributed by atoms with Gasteiger partial charge in [-0.1, -0.05) is 40.7 Å². The molecule has 5 nitrogen and oxygen atoms in total. The molecule has 3 heterocycles. The maximum Gasteiger partial charge on any atom is 0.274 e. The molecule has 0 saturated carbocycles. The molecular weight excluding hydrogens is 324 g/mol. The molecule has 5 heteroatoms. The molecule has 0 N–H and O–H groups in total. The third kappa shape index (κ3) is 4.26. The summed E-state index contributed by atoms with van der Waals surface area (Å²) in [4.78, 5) is 22.3. The van der Waals surface area contributed by atoms with Crippen LogP contribution in [-0.4, -0.2) is 57.8 Å². The molecule has 0 radical (unpaired) electrons. The average molecular weight is 357 g/mol. The smallest absolute Gasteiger partial charge is 0.274 e. The third-order valence-corrected chi connectivity index (χ3v) is 4.77. The lowest BCUT2D eigenvalue weighted by Gasteiger charge is -2.37. The third-order valence-electron chi connectivity index (χ3n) is 4.77. The Morgan fingerprint density at radius 1 is 1.15 bits per heavy atom. The average Bonchev–Trinajstić information content (AvgIpc) is 2.92. The molecule has 0 aliphatic carbocycles. The number of rotatable bonds is 4. The first-order valence-electron chi connectivity index (χ1n) is 9.72. The van der Waals surface area contributed by atoms with Crippen LogP contribution in [0.25, 0.3) is 5.52 Å². The van der Waals surface area contributed by atoms with E-state index in [1.807, 2.05) is 29.3 Å². The summed E-state index contributed by atoms with van der Waals surface area (Å²) in [5, 5.41) is 0. The van der Waals surface area contributed by atoms with Gasteiger partial charge in [0.2, 0.25) is 0 Å². The molecule has 26 heavy (non-hydrogen) atoms. The number of pyridine rings is 1. The Balaban J connectivity index is 1.77. The van der Waals surface area contributed by atoms with Crippen molar-refractivity contribution in [3.63, 3.8) is 0 Å². The summed E-state index contributed by atoms with van der Waals surface area (Å²) in [6.45, 7) is 15.6. The van der Waals surface area contributed by atoms with E-state index in [4.69, 9.17) is 4.98 Å². The normalized spacial score (nSPS) is 16.6. The molecule has 1 fully saturated rings. The number of fused-ring (bicyclic) bond motifs is 1. The minimum Gasteiger partial charge on any atom is -0.335 e. The van der Waals surface area contributed by atoms with Crippen LogP contribution >= 0.6 is 0 Å². The number of carbonyl (C=O) groups is 1. The van der Waals surface area contributed by atoms with Crippen LogP contribution in [0.1, 0.15) is 50.9 Å². The number of piperazine rings is 1. The lowest BCUT2D eigenvalue weighted by molar-refractivity contribution is 0.0589. The molecule has 3 rings (SSSR count). The molecule has 2 aromatic heterocycles. The Kier molecular flexibility index (Phi) is 5.37. The highest BCUT2D eigenvalue weighted by Gasteiger charge is 2.27. The van der Waals surface area contributed by atoms with Crippen molar-refractivity contribution in [3.05, 3.63) is 35.9 Å². The van der Waals surface area contributed by atoms with Crippen LogP contribution < -0.4 is 0 Å². The molecule has 1 aliphatic rings. The van der Waals surface area contributed by atoms with E-state index < -0.39 is 0 Å². The van der Waals surface area contributed by atoms with Crippen molar-refractivity contribution in [3.8, 4) is 0 Å². The van der Waals surface area contributed by atoms with Gasteiger partial charge in [0, 0.05) is 45.3 Å².